The second-order valence-electron chi connectivity index (χ2n) is 10.7. The first-order valence-corrected chi connectivity index (χ1v) is 12.1. The standard InChI is InChI=1S/C28H28N4O4/c1-6-26(4,5)27-15-28(36)24-29-20-13-9-7-11-18(20)23(35)30(24)16(2)22(34)32(28)25(27)31(17(3)33)21-14-10-8-12-19(21)27/h6-14,16,25,36H,1,15H2,2-5H3/t16-,25+,27-,28-/m0/s1. The third-order valence-corrected chi connectivity index (χ3v) is 8.65. The van der Waals surface area contributed by atoms with Crippen molar-refractivity contribution in [3.8, 4) is 0 Å². The lowest BCUT2D eigenvalue weighted by Crippen LogP contribution is -2.63. The van der Waals surface area contributed by atoms with E-state index in [1.807, 2.05) is 44.2 Å². The van der Waals surface area contributed by atoms with E-state index in [-0.39, 0.29) is 23.7 Å². The molecule has 2 amide bonds. The van der Waals surface area contributed by atoms with Crippen molar-refractivity contribution >= 4 is 28.4 Å². The number of rotatable bonds is 2. The summed E-state index contributed by atoms with van der Waals surface area (Å²) in [5, 5.41) is 12.9. The maximum atomic E-state index is 14.1. The summed E-state index contributed by atoms with van der Waals surface area (Å²) in [6, 6.07) is 13.6. The van der Waals surface area contributed by atoms with Gasteiger partial charge in [0.1, 0.15) is 12.2 Å². The minimum atomic E-state index is -1.92. The van der Waals surface area contributed by atoms with Crippen LogP contribution in [0.15, 0.2) is 66.0 Å². The Kier molecular flexibility index (Phi) is 4.35. The quantitative estimate of drug-likeness (QED) is 0.564. The maximum Gasteiger partial charge on any atom is 0.262 e. The van der Waals surface area contributed by atoms with Gasteiger partial charge in [0.15, 0.2) is 5.82 Å². The van der Waals surface area contributed by atoms with Gasteiger partial charge in [-0.3, -0.25) is 28.8 Å². The summed E-state index contributed by atoms with van der Waals surface area (Å²) < 4.78 is 1.32. The summed E-state index contributed by atoms with van der Waals surface area (Å²) in [5.41, 5.74) is -1.84. The topological polar surface area (TPSA) is 95.7 Å². The predicted octanol–water partition coefficient (Wildman–Crippen LogP) is 3.19. The number of carbonyl (C=O) groups excluding carboxylic acids is 2. The Hall–Kier alpha value is -3.78. The Morgan fingerprint density at radius 2 is 1.83 bits per heavy atom. The van der Waals surface area contributed by atoms with Crippen LogP contribution in [-0.4, -0.2) is 37.5 Å². The van der Waals surface area contributed by atoms with Crippen molar-refractivity contribution in [1.82, 2.24) is 14.5 Å². The van der Waals surface area contributed by atoms with E-state index in [2.05, 4.69) is 6.58 Å². The SMILES string of the molecule is C=CC(C)(C)[C@]12C[C@]3(O)c4nc5ccccc5c(=O)n4[C@@H](C)C(=O)N3[C@H]1N(C(C)=O)c1ccccc12. The van der Waals surface area contributed by atoms with E-state index >= 15 is 0 Å². The van der Waals surface area contributed by atoms with Gasteiger partial charge in [0.2, 0.25) is 17.5 Å². The maximum absolute atomic E-state index is 14.1. The Morgan fingerprint density at radius 3 is 2.53 bits per heavy atom. The van der Waals surface area contributed by atoms with Crippen LogP contribution in [-0.2, 0) is 20.7 Å². The molecule has 184 valence electrons. The van der Waals surface area contributed by atoms with Gasteiger partial charge in [-0.1, -0.05) is 50.3 Å². The molecule has 3 aliphatic rings. The summed E-state index contributed by atoms with van der Waals surface area (Å²) >= 11 is 0. The Morgan fingerprint density at radius 1 is 1.17 bits per heavy atom. The van der Waals surface area contributed by atoms with Crippen LogP contribution in [0.25, 0.3) is 10.9 Å². The molecule has 2 aromatic carbocycles. The lowest BCUT2D eigenvalue weighted by Gasteiger charge is -2.46. The van der Waals surface area contributed by atoms with Crippen LogP contribution in [0.2, 0.25) is 0 Å². The number of nitrogens with zero attached hydrogens (tertiary/aromatic N) is 4. The second-order valence-corrected chi connectivity index (χ2v) is 10.7. The molecule has 0 aliphatic carbocycles. The van der Waals surface area contributed by atoms with Crippen LogP contribution in [0.1, 0.15) is 51.5 Å². The Balaban J connectivity index is 1.74. The molecule has 8 nitrogen and oxygen atoms in total. The molecule has 36 heavy (non-hydrogen) atoms. The zero-order chi connectivity index (χ0) is 25.8. The van der Waals surface area contributed by atoms with Crippen LogP contribution < -0.4 is 10.5 Å². The summed E-state index contributed by atoms with van der Waals surface area (Å²) in [6.07, 6.45) is 1.04. The van der Waals surface area contributed by atoms with E-state index in [9.17, 15) is 19.5 Å². The molecular formula is C28H28N4O4. The first-order valence-electron chi connectivity index (χ1n) is 12.1. The molecule has 6 rings (SSSR count). The Bertz CT molecular complexity index is 1560. The molecular weight excluding hydrogens is 456 g/mol. The van der Waals surface area contributed by atoms with E-state index in [0.717, 1.165) is 5.56 Å². The van der Waals surface area contributed by atoms with Crippen LogP contribution in [0.3, 0.4) is 0 Å². The average molecular weight is 485 g/mol. The number of carbonyl (C=O) groups is 2. The van der Waals surface area contributed by atoms with Crippen LogP contribution in [0.4, 0.5) is 5.69 Å². The fourth-order valence-corrected chi connectivity index (χ4v) is 6.77. The molecule has 0 unspecified atom stereocenters. The number of fused-ring (bicyclic) bond motifs is 8. The number of anilines is 1. The molecule has 1 saturated heterocycles. The number of amides is 2. The highest BCUT2D eigenvalue weighted by atomic mass is 16.3. The average Bonchev–Trinajstić information content (AvgIpc) is 3.30. The van der Waals surface area contributed by atoms with E-state index in [1.54, 1.807) is 36.1 Å². The van der Waals surface area contributed by atoms with Gasteiger partial charge in [-0.2, -0.15) is 0 Å². The normalized spacial score (nSPS) is 28.5. The van der Waals surface area contributed by atoms with E-state index < -0.39 is 34.7 Å². The number of hydrogen-bond acceptors (Lipinski definition) is 5. The number of para-hydroxylation sites is 2. The first-order chi connectivity index (χ1) is 17.0. The van der Waals surface area contributed by atoms with Crippen molar-refractivity contribution in [2.24, 2.45) is 5.41 Å². The predicted molar refractivity (Wildman–Crippen MR) is 135 cm³/mol. The fraction of sp³-hybridized carbons (Fsp3) is 0.357. The third kappa shape index (κ3) is 2.38. The lowest BCUT2D eigenvalue weighted by atomic mass is 9.60. The molecule has 3 aromatic rings. The molecule has 0 saturated carbocycles. The largest absolute Gasteiger partial charge is 0.364 e. The monoisotopic (exact) mass is 484 g/mol. The second kappa shape index (κ2) is 6.91. The summed E-state index contributed by atoms with van der Waals surface area (Å²) in [5.74, 6) is -0.559. The minimum Gasteiger partial charge on any atom is -0.364 e. The third-order valence-electron chi connectivity index (χ3n) is 8.65. The molecule has 8 heteroatoms. The van der Waals surface area contributed by atoms with Crippen LogP contribution >= 0.6 is 0 Å². The lowest BCUT2D eigenvalue weighted by molar-refractivity contribution is -0.172. The van der Waals surface area contributed by atoms with Crippen LogP contribution in [0.5, 0.6) is 0 Å². The van der Waals surface area contributed by atoms with Gasteiger partial charge in [-0.15, -0.1) is 6.58 Å². The van der Waals surface area contributed by atoms with E-state index in [1.165, 1.54) is 16.4 Å². The van der Waals surface area contributed by atoms with Crippen molar-refractivity contribution in [2.75, 3.05) is 4.90 Å². The highest BCUT2D eigenvalue weighted by Gasteiger charge is 2.74. The Labute approximate surface area is 208 Å². The summed E-state index contributed by atoms with van der Waals surface area (Å²) in [6.45, 7) is 11.2. The smallest absolute Gasteiger partial charge is 0.262 e. The number of aromatic nitrogens is 2. The van der Waals surface area contributed by atoms with Gasteiger partial charge in [0.25, 0.3) is 5.56 Å². The summed E-state index contributed by atoms with van der Waals surface area (Å²) in [4.78, 5) is 48.6. The number of benzene rings is 2. The van der Waals surface area contributed by atoms with Crippen molar-refractivity contribution in [3.05, 3.63) is 82.9 Å². The molecule has 1 N–H and O–H groups in total. The van der Waals surface area contributed by atoms with Crippen molar-refractivity contribution < 1.29 is 14.7 Å². The fourth-order valence-electron chi connectivity index (χ4n) is 6.77. The molecule has 0 radical (unpaired) electrons. The van der Waals surface area contributed by atoms with Gasteiger partial charge in [0, 0.05) is 19.0 Å². The number of allylic oxidation sites excluding steroid dienone is 1. The van der Waals surface area contributed by atoms with Crippen molar-refractivity contribution in [2.45, 2.75) is 57.5 Å². The van der Waals surface area contributed by atoms with Gasteiger partial charge < -0.3 is 5.11 Å². The number of hydrogen-bond donors (Lipinski definition) is 1. The van der Waals surface area contributed by atoms with Crippen LogP contribution in [0, 0.1) is 5.41 Å². The molecule has 4 atom stereocenters. The molecule has 4 heterocycles. The van der Waals surface area contributed by atoms with Gasteiger partial charge in [-0.05, 0) is 36.1 Å². The molecule has 1 aromatic heterocycles. The molecule has 3 aliphatic heterocycles. The first kappa shape index (κ1) is 22.7. The van der Waals surface area contributed by atoms with E-state index in [0.29, 0.717) is 16.6 Å². The zero-order valence-electron chi connectivity index (χ0n) is 20.7. The van der Waals surface area contributed by atoms with Gasteiger partial charge in [0.05, 0.1) is 16.3 Å². The van der Waals surface area contributed by atoms with Gasteiger partial charge in [-0.25, -0.2) is 4.98 Å². The summed E-state index contributed by atoms with van der Waals surface area (Å²) in [7, 11) is 0. The highest BCUT2D eigenvalue weighted by molar-refractivity contribution is 5.98. The zero-order valence-corrected chi connectivity index (χ0v) is 20.7. The molecule has 0 bridgehead atoms. The molecule has 1 fully saturated rings. The molecule has 0 spiro atoms. The van der Waals surface area contributed by atoms with Crippen molar-refractivity contribution in [1.29, 1.82) is 0 Å². The highest BCUT2D eigenvalue weighted by Crippen LogP contribution is 2.66. The minimum absolute atomic E-state index is 0.0493. The number of aliphatic hydroxyl groups is 1. The van der Waals surface area contributed by atoms with Gasteiger partial charge >= 0.3 is 0 Å². The van der Waals surface area contributed by atoms with E-state index in [4.69, 9.17) is 4.98 Å². The van der Waals surface area contributed by atoms with Crippen molar-refractivity contribution in [3.63, 3.8) is 0 Å².